The van der Waals surface area contributed by atoms with Crippen molar-refractivity contribution in [3.63, 3.8) is 0 Å². The molecule has 1 fully saturated rings. The van der Waals surface area contributed by atoms with Crippen molar-refractivity contribution in [2.24, 2.45) is 4.99 Å². The van der Waals surface area contributed by atoms with Gasteiger partial charge in [0, 0.05) is 17.1 Å². The van der Waals surface area contributed by atoms with E-state index in [1.807, 2.05) is 31.2 Å². The van der Waals surface area contributed by atoms with Gasteiger partial charge in [0.05, 0.1) is 10.6 Å². The minimum absolute atomic E-state index is 0.0987. The molecule has 122 valence electrons. The van der Waals surface area contributed by atoms with Gasteiger partial charge in [0.15, 0.2) is 5.17 Å². The summed E-state index contributed by atoms with van der Waals surface area (Å²) in [5.41, 5.74) is 2.66. The second-order valence-electron chi connectivity index (χ2n) is 5.32. The van der Waals surface area contributed by atoms with Gasteiger partial charge in [0.25, 0.3) is 5.91 Å². The molecule has 3 rings (SSSR count). The highest BCUT2D eigenvalue weighted by Crippen LogP contribution is 2.35. The summed E-state index contributed by atoms with van der Waals surface area (Å²) in [5.74, 6) is -0.0987. The van der Waals surface area contributed by atoms with Gasteiger partial charge in [0.1, 0.15) is 0 Å². The van der Waals surface area contributed by atoms with Crippen LogP contribution in [0.3, 0.4) is 0 Å². The van der Waals surface area contributed by atoms with Gasteiger partial charge in [-0.15, -0.1) is 0 Å². The monoisotopic (exact) mass is 376 g/mol. The van der Waals surface area contributed by atoms with Crippen LogP contribution in [0.2, 0.25) is 10.0 Å². The Morgan fingerprint density at radius 3 is 2.62 bits per heavy atom. The maximum atomic E-state index is 12.5. The van der Waals surface area contributed by atoms with Crippen LogP contribution in [0.1, 0.15) is 11.1 Å². The third-order valence-electron chi connectivity index (χ3n) is 3.58. The van der Waals surface area contributed by atoms with Crippen LogP contribution in [0.15, 0.2) is 52.4 Å². The van der Waals surface area contributed by atoms with E-state index in [1.165, 1.54) is 11.8 Å². The van der Waals surface area contributed by atoms with Gasteiger partial charge in [-0.1, -0.05) is 47.5 Å². The first kappa shape index (κ1) is 17.1. The molecule has 0 bridgehead atoms. The molecular formula is C18H14Cl2N2OS. The van der Waals surface area contributed by atoms with E-state index in [0.29, 0.717) is 20.1 Å². The highest BCUT2D eigenvalue weighted by atomic mass is 35.5. The lowest BCUT2D eigenvalue weighted by atomic mass is 10.2. The van der Waals surface area contributed by atoms with E-state index in [9.17, 15) is 4.79 Å². The van der Waals surface area contributed by atoms with E-state index in [4.69, 9.17) is 23.2 Å². The molecule has 0 radical (unpaired) electrons. The highest BCUT2D eigenvalue weighted by molar-refractivity contribution is 8.18. The SMILES string of the molecule is Cc1ccccc1N=C1S/C(=C/c2ccc(Cl)cc2Cl)C(=O)N1C. The number of likely N-dealkylation sites (N-methyl/N-ethyl adjacent to an activating group) is 1. The number of halogens is 2. The molecule has 1 amide bonds. The molecule has 1 heterocycles. The summed E-state index contributed by atoms with van der Waals surface area (Å²) in [4.78, 5) is 19.2. The Morgan fingerprint density at radius 2 is 1.92 bits per heavy atom. The number of benzene rings is 2. The largest absolute Gasteiger partial charge is 0.290 e. The molecule has 1 aliphatic heterocycles. The summed E-state index contributed by atoms with van der Waals surface area (Å²) >= 11 is 13.4. The molecular weight excluding hydrogens is 363 g/mol. The van der Waals surface area contributed by atoms with Crippen LogP contribution in [0.25, 0.3) is 6.08 Å². The lowest BCUT2D eigenvalue weighted by molar-refractivity contribution is -0.121. The standard InChI is InChI=1S/C18H14Cl2N2OS/c1-11-5-3-4-6-15(11)21-18-22(2)17(23)16(24-18)9-12-7-8-13(19)10-14(12)20/h3-10H,1-2H3/b16-9+,21-18?. The first-order valence-corrected chi connectivity index (χ1v) is 8.80. The van der Waals surface area contributed by atoms with Gasteiger partial charge >= 0.3 is 0 Å². The van der Waals surface area contributed by atoms with Gasteiger partial charge in [-0.2, -0.15) is 0 Å². The van der Waals surface area contributed by atoms with E-state index >= 15 is 0 Å². The van der Waals surface area contributed by atoms with Crippen LogP contribution in [0.4, 0.5) is 5.69 Å². The second-order valence-corrected chi connectivity index (χ2v) is 7.17. The van der Waals surface area contributed by atoms with Crippen molar-refractivity contribution in [1.29, 1.82) is 0 Å². The minimum atomic E-state index is -0.0987. The summed E-state index contributed by atoms with van der Waals surface area (Å²) in [6, 6.07) is 13.0. The van der Waals surface area contributed by atoms with Gasteiger partial charge in [0.2, 0.25) is 0 Å². The fourth-order valence-corrected chi connectivity index (χ4v) is 3.64. The maximum Gasteiger partial charge on any atom is 0.266 e. The Hall–Kier alpha value is -1.75. The van der Waals surface area contributed by atoms with Crippen molar-refractivity contribution in [2.75, 3.05) is 7.05 Å². The number of carbonyl (C=O) groups excluding carboxylic acids is 1. The van der Waals surface area contributed by atoms with E-state index in [1.54, 1.807) is 36.2 Å². The average molecular weight is 377 g/mol. The number of thioether (sulfide) groups is 1. The second kappa shape index (κ2) is 7.01. The predicted molar refractivity (Wildman–Crippen MR) is 103 cm³/mol. The lowest BCUT2D eigenvalue weighted by Crippen LogP contribution is -2.23. The normalized spacial score (nSPS) is 18.0. The van der Waals surface area contributed by atoms with Crippen molar-refractivity contribution in [3.8, 4) is 0 Å². The van der Waals surface area contributed by atoms with Crippen LogP contribution in [-0.2, 0) is 4.79 Å². The van der Waals surface area contributed by atoms with Crippen molar-refractivity contribution >= 4 is 57.8 Å². The Morgan fingerprint density at radius 1 is 1.17 bits per heavy atom. The van der Waals surface area contributed by atoms with Crippen molar-refractivity contribution < 1.29 is 4.79 Å². The molecule has 24 heavy (non-hydrogen) atoms. The number of nitrogens with zero attached hydrogens (tertiary/aromatic N) is 2. The molecule has 0 spiro atoms. The molecule has 0 aliphatic carbocycles. The van der Waals surface area contributed by atoms with E-state index in [2.05, 4.69) is 4.99 Å². The number of aryl methyl sites for hydroxylation is 1. The zero-order valence-electron chi connectivity index (χ0n) is 13.1. The smallest absolute Gasteiger partial charge is 0.266 e. The summed E-state index contributed by atoms with van der Waals surface area (Å²) in [6.07, 6.45) is 1.77. The van der Waals surface area contributed by atoms with Crippen molar-refractivity contribution in [3.05, 3.63) is 68.5 Å². The number of hydrogen-bond acceptors (Lipinski definition) is 3. The molecule has 0 N–H and O–H groups in total. The number of carbonyl (C=O) groups is 1. The third-order valence-corrected chi connectivity index (χ3v) is 5.21. The predicted octanol–water partition coefficient (Wildman–Crippen LogP) is 5.54. The zero-order chi connectivity index (χ0) is 17.3. The van der Waals surface area contributed by atoms with E-state index < -0.39 is 0 Å². The van der Waals surface area contributed by atoms with Gasteiger partial charge in [-0.05, 0) is 54.1 Å². The first-order chi connectivity index (χ1) is 11.5. The Balaban J connectivity index is 1.94. The third kappa shape index (κ3) is 3.51. The summed E-state index contributed by atoms with van der Waals surface area (Å²) < 4.78 is 0. The number of hydrogen-bond donors (Lipinski definition) is 0. The molecule has 0 saturated carbocycles. The summed E-state index contributed by atoms with van der Waals surface area (Å²) in [7, 11) is 1.72. The maximum absolute atomic E-state index is 12.5. The average Bonchev–Trinajstić information content (AvgIpc) is 2.80. The van der Waals surface area contributed by atoms with Gasteiger partial charge in [-0.25, -0.2) is 4.99 Å². The van der Waals surface area contributed by atoms with Gasteiger partial charge < -0.3 is 0 Å². The fourth-order valence-electron chi connectivity index (χ4n) is 2.20. The van der Waals surface area contributed by atoms with Crippen LogP contribution in [0.5, 0.6) is 0 Å². The molecule has 1 saturated heterocycles. The van der Waals surface area contributed by atoms with Crippen LogP contribution >= 0.6 is 35.0 Å². The molecule has 2 aromatic rings. The molecule has 0 atom stereocenters. The molecule has 2 aromatic carbocycles. The Kier molecular flexibility index (Phi) is 4.99. The summed E-state index contributed by atoms with van der Waals surface area (Å²) in [6.45, 7) is 1.99. The number of amides is 1. The van der Waals surface area contributed by atoms with E-state index in [-0.39, 0.29) is 5.91 Å². The zero-order valence-corrected chi connectivity index (χ0v) is 15.4. The molecule has 3 nitrogen and oxygen atoms in total. The molecule has 1 aliphatic rings. The topological polar surface area (TPSA) is 32.7 Å². The number of aliphatic imine (C=N–C) groups is 1. The van der Waals surface area contributed by atoms with Gasteiger partial charge in [-0.3, -0.25) is 9.69 Å². The Bertz CT molecular complexity index is 877. The van der Waals surface area contributed by atoms with Crippen LogP contribution < -0.4 is 0 Å². The van der Waals surface area contributed by atoms with Crippen molar-refractivity contribution in [2.45, 2.75) is 6.92 Å². The lowest BCUT2D eigenvalue weighted by Gasteiger charge is -2.08. The van der Waals surface area contributed by atoms with Crippen molar-refractivity contribution in [1.82, 2.24) is 4.90 Å². The first-order valence-electron chi connectivity index (χ1n) is 7.22. The molecule has 0 aromatic heterocycles. The Labute approximate surface area is 155 Å². The minimum Gasteiger partial charge on any atom is -0.290 e. The van der Waals surface area contributed by atoms with Crippen LogP contribution in [-0.4, -0.2) is 23.0 Å². The summed E-state index contributed by atoms with van der Waals surface area (Å²) in [5, 5.41) is 1.72. The molecule has 0 unspecified atom stereocenters. The van der Waals surface area contributed by atoms with E-state index in [0.717, 1.165) is 16.8 Å². The number of para-hydroxylation sites is 1. The fraction of sp³-hybridized carbons (Fsp3) is 0.111. The quantitative estimate of drug-likeness (QED) is 0.644. The number of amidine groups is 1. The highest BCUT2D eigenvalue weighted by Gasteiger charge is 2.30. The number of rotatable bonds is 2. The molecule has 6 heteroatoms. The van der Waals surface area contributed by atoms with Crippen LogP contribution in [0, 0.1) is 6.92 Å².